The number of benzene rings is 1. The number of carbonyl (C=O) groups excluding carboxylic acids is 1. The van der Waals surface area contributed by atoms with Crippen LogP contribution in [0.1, 0.15) is 46.3 Å². The van der Waals surface area contributed by atoms with Crippen molar-refractivity contribution in [3.8, 4) is 5.75 Å². The first kappa shape index (κ1) is 18.0. The Kier molecular flexibility index (Phi) is 5.39. The number of amides is 1. The van der Waals surface area contributed by atoms with Gasteiger partial charge in [-0.2, -0.15) is 0 Å². The highest BCUT2D eigenvalue weighted by Crippen LogP contribution is 2.31. The molecule has 0 radical (unpaired) electrons. The summed E-state index contributed by atoms with van der Waals surface area (Å²) in [5.74, 6) is 0.746. The summed E-state index contributed by atoms with van der Waals surface area (Å²) in [6.07, 6.45) is 8.86. The number of pyridine rings is 1. The molecule has 27 heavy (non-hydrogen) atoms. The van der Waals surface area contributed by atoms with Crippen LogP contribution in [0, 0.1) is 0 Å². The predicted octanol–water partition coefficient (Wildman–Crippen LogP) is 3.40. The summed E-state index contributed by atoms with van der Waals surface area (Å²) in [7, 11) is 1.64. The monoisotopic (exact) mass is 366 g/mol. The minimum absolute atomic E-state index is 0.0521. The highest BCUT2D eigenvalue weighted by Gasteiger charge is 2.28. The van der Waals surface area contributed by atoms with Gasteiger partial charge in [0.25, 0.3) is 5.91 Å². The van der Waals surface area contributed by atoms with Gasteiger partial charge in [-0.15, -0.1) is 0 Å². The predicted molar refractivity (Wildman–Crippen MR) is 103 cm³/mol. The molecule has 0 bridgehead atoms. The average molecular weight is 366 g/mol. The number of aromatic nitrogens is 1. The number of fused-ring (bicyclic) bond motifs is 1. The van der Waals surface area contributed by atoms with Crippen LogP contribution in [0.2, 0.25) is 0 Å². The molecule has 5 nitrogen and oxygen atoms in total. The number of ether oxygens (including phenoxy) is 2. The van der Waals surface area contributed by atoms with Crippen LogP contribution in [0.25, 0.3) is 0 Å². The van der Waals surface area contributed by atoms with Crippen molar-refractivity contribution in [3.05, 3.63) is 58.9 Å². The quantitative estimate of drug-likeness (QED) is 0.814. The van der Waals surface area contributed by atoms with E-state index in [1.54, 1.807) is 13.3 Å². The second kappa shape index (κ2) is 8.09. The van der Waals surface area contributed by atoms with Crippen molar-refractivity contribution >= 4 is 5.91 Å². The van der Waals surface area contributed by atoms with E-state index in [-0.39, 0.29) is 12.0 Å². The number of aryl methyl sites for hydroxylation is 2. The molecule has 2 aliphatic rings. The Morgan fingerprint density at radius 3 is 2.89 bits per heavy atom. The standard InChI is InChI=1S/C22H26N2O3/c1-26-21-12-18-7-2-6-17(18)11-20(21)22(25)24-10-4-8-19(14-24)27-15-16-5-3-9-23-13-16/h3,5,9,11-13,19H,2,4,6-8,10,14-15H2,1H3/t19-/m1/s1. The van der Waals surface area contributed by atoms with E-state index in [9.17, 15) is 4.79 Å². The molecule has 0 saturated carbocycles. The van der Waals surface area contributed by atoms with Crippen molar-refractivity contribution in [1.82, 2.24) is 9.88 Å². The lowest BCUT2D eigenvalue weighted by Gasteiger charge is -2.33. The number of carbonyl (C=O) groups is 1. The van der Waals surface area contributed by atoms with Gasteiger partial charge in [0, 0.05) is 25.5 Å². The molecule has 1 aliphatic carbocycles. The minimum atomic E-state index is 0.0521. The molecule has 1 fully saturated rings. The van der Waals surface area contributed by atoms with Crippen molar-refractivity contribution in [2.45, 2.75) is 44.8 Å². The van der Waals surface area contributed by atoms with E-state index in [4.69, 9.17) is 9.47 Å². The molecule has 0 spiro atoms. The van der Waals surface area contributed by atoms with E-state index in [2.05, 4.69) is 11.1 Å². The first-order valence-corrected chi connectivity index (χ1v) is 9.74. The number of hydrogen-bond donors (Lipinski definition) is 0. The minimum Gasteiger partial charge on any atom is -0.496 e. The number of nitrogens with zero attached hydrogens (tertiary/aromatic N) is 2. The van der Waals surface area contributed by atoms with Crippen molar-refractivity contribution in [2.24, 2.45) is 0 Å². The molecule has 142 valence electrons. The molecular formula is C22H26N2O3. The zero-order chi connectivity index (χ0) is 18.6. The fraction of sp³-hybridized carbons (Fsp3) is 0.455. The SMILES string of the molecule is COc1cc2c(cc1C(=O)N1CCC[C@@H](OCc3cccnc3)C1)CCC2. The zero-order valence-corrected chi connectivity index (χ0v) is 15.8. The lowest BCUT2D eigenvalue weighted by atomic mass is 10.0. The molecule has 1 aromatic heterocycles. The third-order valence-electron chi connectivity index (χ3n) is 5.52. The summed E-state index contributed by atoms with van der Waals surface area (Å²) in [6, 6.07) is 8.02. The zero-order valence-electron chi connectivity index (χ0n) is 15.8. The van der Waals surface area contributed by atoms with E-state index in [1.165, 1.54) is 11.1 Å². The number of piperidine rings is 1. The van der Waals surface area contributed by atoms with Crippen LogP contribution < -0.4 is 4.74 Å². The van der Waals surface area contributed by atoms with Gasteiger partial charge in [0.15, 0.2) is 0 Å². The lowest BCUT2D eigenvalue weighted by Crippen LogP contribution is -2.43. The van der Waals surface area contributed by atoms with Gasteiger partial charge in [-0.3, -0.25) is 9.78 Å². The molecule has 1 aromatic carbocycles. The van der Waals surface area contributed by atoms with Crippen LogP contribution in [-0.2, 0) is 24.2 Å². The summed E-state index contributed by atoms with van der Waals surface area (Å²) in [5, 5.41) is 0. The molecule has 1 saturated heterocycles. The van der Waals surface area contributed by atoms with Crippen molar-refractivity contribution in [2.75, 3.05) is 20.2 Å². The summed E-state index contributed by atoms with van der Waals surface area (Å²) < 4.78 is 11.6. The van der Waals surface area contributed by atoms with Gasteiger partial charge in [0.2, 0.25) is 0 Å². The maximum absolute atomic E-state index is 13.2. The van der Waals surface area contributed by atoms with Crippen molar-refractivity contribution < 1.29 is 14.3 Å². The third kappa shape index (κ3) is 3.98. The Balaban J connectivity index is 1.44. The van der Waals surface area contributed by atoms with Gasteiger partial charge in [-0.1, -0.05) is 6.07 Å². The second-order valence-electron chi connectivity index (χ2n) is 7.36. The number of rotatable bonds is 5. The summed E-state index contributed by atoms with van der Waals surface area (Å²) >= 11 is 0. The summed E-state index contributed by atoms with van der Waals surface area (Å²) in [6.45, 7) is 1.92. The van der Waals surface area contributed by atoms with Crippen LogP contribution in [0.5, 0.6) is 5.75 Å². The average Bonchev–Trinajstić information content (AvgIpc) is 3.19. The second-order valence-corrected chi connectivity index (χ2v) is 7.36. The summed E-state index contributed by atoms with van der Waals surface area (Å²) in [5.41, 5.74) is 4.35. The van der Waals surface area contributed by atoms with E-state index in [1.807, 2.05) is 29.3 Å². The molecule has 0 N–H and O–H groups in total. The van der Waals surface area contributed by atoms with Crippen LogP contribution in [0.3, 0.4) is 0 Å². The smallest absolute Gasteiger partial charge is 0.257 e. The summed E-state index contributed by atoms with van der Waals surface area (Å²) in [4.78, 5) is 19.2. The van der Waals surface area contributed by atoms with Crippen molar-refractivity contribution in [1.29, 1.82) is 0 Å². The highest BCUT2D eigenvalue weighted by atomic mass is 16.5. The van der Waals surface area contributed by atoms with Crippen molar-refractivity contribution in [3.63, 3.8) is 0 Å². The molecule has 2 aromatic rings. The fourth-order valence-corrected chi connectivity index (χ4v) is 4.06. The van der Waals surface area contributed by atoms with E-state index in [0.29, 0.717) is 24.5 Å². The molecule has 1 atom stereocenters. The molecule has 1 aliphatic heterocycles. The van der Waals surface area contributed by atoms with Gasteiger partial charge in [0.1, 0.15) is 5.75 Å². The molecule has 5 heteroatoms. The van der Waals surface area contributed by atoms with E-state index >= 15 is 0 Å². The Morgan fingerprint density at radius 2 is 2.11 bits per heavy atom. The van der Waals surface area contributed by atoms with Gasteiger partial charge < -0.3 is 14.4 Å². The van der Waals surface area contributed by atoms with Gasteiger partial charge >= 0.3 is 0 Å². The Bertz CT molecular complexity index is 807. The van der Waals surface area contributed by atoms with Crippen LogP contribution >= 0.6 is 0 Å². The van der Waals surface area contributed by atoms with Crippen LogP contribution in [-0.4, -0.2) is 42.1 Å². The molecule has 1 amide bonds. The first-order chi connectivity index (χ1) is 13.2. The normalized spacial score (nSPS) is 19.0. The number of likely N-dealkylation sites (tertiary alicyclic amines) is 1. The highest BCUT2D eigenvalue weighted by molar-refractivity contribution is 5.97. The Labute approximate surface area is 160 Å². The molecule has 2 heterocycles. The van der Waals surface area contributed by atoms with Crippen LogP contribution in [0.4, 0.5) is 0 Å². The van der Waals surface area contributed by atoms with Gasteiger partial charge in [-0.25, -0.2) is 0 Å². The fourth-order valence-electron chi connectivity index (χ4n) is 4.06. The molecule has 4 rings (SSSR count). The van der Waals surface area contributed by atoms with E-state index < -0.39 is 0 Å². The van der Waals surface area contributed by atoms with E-state index in [0.717, 1.165) is 44.2 Å². The molecule has 0 unspecified atom stereocenters. The Hall–Kier alpha value is -2.40. The van der Waals surface area contributed by atoms with Gasteiger partial charge in [0.05, 0.1) is 25.4 Å². The number of hydrogen-bond acceptors (Lipinski definition) is 4. The number of methoxy groups -OCH3 is 1. The Morgan fingerprint density at radius 1 is 1.26 bits per heavy atom. The maximum Gasteiger partial charge on any atom is 0.257 e. The van der Waals surface area contributed by atoms with Crippen LogP contribution in [0.15, 0.2) is 36.7 Å². The molecular weight excluding hydrogens is 340 g/mol. The largest absolute Gasteiger partial charge is 0.496 e. The topological polar surface area (TPSA) is 51.7 Å². The third-order valence-corrected chi connectivity index (χ3v) is 5.52. The first-order valence-electron chi connectivity index (χ1n) is 9.74. The lowest BCUT2D eigenvalue weighted by molar-refractivity contribution is -0.00689. The maximum atomic E-state index is 13.2. The van der Waals surface area contributed by atoms with Gasteiger partial charge in [-0.05, 0) is 67.0 Å².